The molecule has 2 amide bonds. The van der Waals surface area contributed by atoms with E-state index in [1.54, 1.807) is 0 Å². The van der Waals surface area contributed by atoms with Gasteiger partial charge in [0.05, 0.1) is 24.3 Å². The van der Waals surface area contributed by atoms with Gasteiger partial charge in [0.1, 0.15) is 12.1 Å². The zero-order valence-electron chi connectivity index (χ0n) is 36.0. The molecule has 4 heterocycles. The molecule has 2 aliphatic carbocycles. The highest BCUT2D eigenvalue weighted by molar-refractivity contribution is 5.83. The minimum atomic E-state index is -0.620. The molecule has 61 heavy (non-hydrogen) atoms. The Morgan fingerprint density at radius 1 is 0.656 bits per heavy atom. The quantitative estimate of drug-likeness (QED) is 0.0743. The highest BCUT2D eigenvalue weighted by Crippen LogP contribution is 2.30. The normalized spacial score (nSPS) is 23.2. The SMILES string of the molecule is CC[C@H](NC(=O)[C@H]1NCC[C@@H]1O)c1ccc(-c2noc(CCC3CCCCC3)n2)cc1.C[C@H](NC(=O)C1NCCC1O)c1ccc(-c2noc(CCC3CCCCC3)n2)cc1. The Morgan fingerprint density at radius 2 is 1.10 bits per heavy atom. The summed E-state index contributed by atoms with van der Waals surface area (Å²) in [6.07, 6.45) is 18.1. The summed E-state index contributed by atoms with van der Waals surface area (Å²) in [5, 5.41) is 40.2. The molecular formula is C47H66N8O6. The van der Waals surface area contributed by atoms with Crippen molar-refractivity contribution >= 4 is 11.8 Å². The molecule has 4 aliphatic rings. The zero-order valence-corrected chi connectivity index (χ0v) is 36.0. The summed E-state index contributed by atoms with van der Waals surface area (Å²) in [6, 6.07) is 14.5. The molecule has 330 valence electrons. The lowest BCUT2D eigenvalue weighted by Gasteiger charge is -2.21. The number of aryl methyl sites for hydroxylation is 2. The number of hydrogen-bond donors (Lipinski definition) is 6. The van der Waals surface area contributed by atoms with E-state index in [2.05, 4.69) is 41.5 Å². The van der Waals surface area contributed by atoms with E-state index in [1.165, 1.54) is 64.2 Å². The first kappa shape index (κ1) is 44.6. The molecule has 4 fully saturated rings. The number of nitrogens with one attached hydrogen (secondary N) is 4. The Morgan fingerprint density at radius 3 is 1.52 bits per heavy atom. The van der Waals surface area contributed by atoms with Crippen LogP contribution in [0.3, 0.4) is 0 Å². The third-order valence-corrected chi connectivity index (χ3v) is 13.2. The van der Waals surface area contributed by atoms with Gasteiger partial charge >= 0.3 is 0 Å². The third kappa shape index (κ3) is 12.3. The molecule has 2 saturated heterocycles. The predicted molar refractivity (Wildman–Crippen MR) is 232 cm³/mol. The van der Waals surface area contributed by atoms with Crippen molar-refractivity contribution < 1.29 is 28.8 Å². The lowest BCUT2D eigenvalue weighted by atomic mass is 9.86. The van der Waals surface area contributed by atoms with E-state index in [9.17, 15) is 19.8 Å². The van der Waals surface area contributed by atoms with Crippen LogP contribution in [0.2, 0.25) is 0 Å². The van der Waals surface area contributed by atoms with Gasteiger partial charge in [0, 0.05) is 24.0 Å². The van der Waals surface area contributed by atoms with Gasteiger partial charge in [0.25, 0.3) is 0 Å². The minimum absolute atomic E-state index is 0.104. The number of aliphatic hydroxyl groups is 2. The predicted octanol–water partition coefficient (Wildman–Crippen LogP) is 6.69. The van der Waals surface area contributed by atoms with Crippen LogP contribution in [-0.2, 0) is 22.4 Å². The molecule has 6 atom stereocenters. The van der Waals surface area contributed by atoms with E-state index in [-0.39, 0.29) is 23.9 Å². The molecule has 0 radical (unpaired) electrons. The maximum absolute atomic E-state index is 12.5. The molecule has 14 heteroatoms. The Kier molecular flexibility index (Phi) is 16.1. The lowest BCUT2D eigenvalue weighted by molar-refractivity contribution is -0.126. The fraction of sp³-hybridized carbons (Fsp3) is 0.617. The highest BCUT2D eigenvalue weighted by Gasteiger charge is 2.33. The van der Waals surface area contributed by atoms with E-state index in [1.807, 2.05) is 62.4 Å². The van der Waals surface area contributed by atoms with Crippen LogP contribution in [-0.4, -0.2) is 79.7 Å². The second-order valence-corrected chi connectivity index (χ2v) is 17.6. The smallest absolute Gasteiger partial charge is 0.240 e. The van der Waals surface area contributed by atoms with Gasteiger partial charge in [-0.2, -0.15) is 9.97 Å². The topological polar surface area (TPSA) is 201 Å². The van der Waals surface area contributed by atoms with Crippen LogP contribution in [0.1, 0.15) is 145 Å². The summed E-state index contributed by atoms with van der Waals surface area (Å²) in [6.45, 7) is 5.30. The number of aromatic nitrogens is 4. The first-order valence-electron chi connectivity index (χ1n) is 23.0. The Balaban J connectivity index is 0.000000184. The summed E-state index contributed by atoms with van der Waals surface area (Å²) in [4.78, 5) is 34.0. The summed E-state index contributed by atoms with van der Waals surface area (Å²) >= 11 is 0. The van der Waals surface area contributed by atoms with Gasteiger partial charge in [-0.3, -0.25) is 9.59 Å². The van der Waals surface area contributed by atoms with E-state index in [0.29, 0.717) is 49.4 Å². The molecule has 2 unspecified atom stereocenters. The highest BCUT2D eigenvalue weighted by atomic mass is 16.5. The van der Waals surface area contributed by atoms with Crippen molar-refractivity contribution in [1.82, 2.24) is 41.5 Å². The summed E-state index contributed by atoms with van der Waals surface area (Å²) in [7, 11) is 0. The van der Waals surface area contributed by atoms with E-state index in [0.717, 1.165) is 66.2 Å². The number of nitrogens with zero attached hydrogens (tertiary/aromatic N) is 4. The maximum Gasteiger partial charge on any atom is 0.240 e. The van der Waals surface area contributed by atoms with Crippen LogP contribution in [0.4, 0.5) is 0 Å². The first-order chi connectivity index (χ1) is 29.7. The zero-order chi connectivity index (χ0) is 42.6. The average molecular weight is 839 g/mol. The van der Waals surface area contributed by atoms with Crippen LogP contribution < -0.4 is 21.3 Å². The van der Waals surface area contributed by atoms with Crippen molar-refractivity contribution in [2.45, 2.75) is 159 Å². The van der Waals surface area contributed by atoms with E-state index < -0.39 is 24.3 Å². The van der Waals surface area contributed by atoms with Gasteiger partial charge in [0.2, 0.25) is 35.2 Å². The van der Waals surface area contributed by atoms with Gasteiger partial charge < -0.3 is 40.5 Å². The van der Waals surface area contributed by atoms with Crippen LogP contribution in [0.5, 0.6) is 0 Å². The molecule has 6 N–H and O–H groups in total. The molecule has 4 aromatic rings. The van der Waals surface area contributed by atoms with Gasteiger partial charge in [-0.25, -0.2) is 0 Å². The fourth-order valence-electron chi connectivity index (χ4n) is 9.32. The van der Waals surface area contributed by atoms with Gasteiger partial charge in [0.15, 0.2) is 0 Å². The van der Waals surface area contributed by atoms with Crippen molar-refractivity contribution in [1.29, 1.82) is 0 Å². The number of amides is 2. The number of rotatable bonds is 15. The van der Waals surface area contributed by atoms with E-state index >= 15 is 0 Å². The molecule has 2 aromatic heterocycles. The van der Waals surface area contributed by atoms with Crippen LogP contribution in [0.15, 0.2) is 57.6 Å². The minimum Gasteiger partial charge on any atom is -0.391 e. The Labute approximate surface area is 359 Å². The van der Waals surface area contributed by atoms with Gasteiger partial charge in [-0.15, -0.1) is 0 Å². The maximum atomic E-state index is 12.5. The van der Waals surface area contributed by atoms with Crippen molar-refractivity contribution in [3.63, 3.8) is 0 Å². The number of carbonyl (C=O) groups is 2. The van der Waals surface area contributed by atoms with Gasteiger partial charge in [-0.05, 0) is 75.1 Å². The molecule has 0 spiro atoms. The number of benzene rings is 2. The molecule has 14 nitrogen and oxygen atoms in total. The summed E-state index contributed by atoms with van der Waals surface area (Å²) in [5.74, 6) is 3.92. The van der Waals surface area contributed by atoms with Gasteiger partial charge in [-0.1, -0.05) is 130 Å². The first-order valence-corrected chi connectivity index (χ1v) is 23.0. The Bertz CT molecular complexity index is 1960. The number of aliphatic hydroxyl groups excluding tert-OH is 2. The van der Waals surface area contributed by atoms with Crippen molar-refractivity contribution in [2.24, 2.45) is 11.8 Å². The lowest BCUT2D eigenvalue weighted by Crippen LogP contribution is -2.46. The Hall–Kier alpha value is -4.50. The number of hydrogen-bond acceptors (Lipinski definition) is 12. The molecular weight excluding hydrogens is 773 g/mol. The standard InChI is InChI=1S/C24H34N4O3.C23H32N4O3/c1-2-19(26-24(30)22-20(29)14-15-25-22)17-9-11-18(12-10-17)23-27-21(31-28-23)13-8-16-6-4-3-5-7-16;1-15(25-23(29)21-19(28)13-14-24-21)17-8-10-18(11-9-17)22-26-20(30-27-22)12-7-16-5-3-2-4-6-16/h9-12,16,19-20,22,25,29H,2-8,13-15H2,1H3,(H,26,30);8-11,15-16,19,21,24,28H,2-7,12-14H2,1H3,(H,25,29)/t19-,20-,22-;15-,19?,21?/m00/s1. The van der Waals surface area contributed by atoms with Crippen LogP contribution in [0, 0.1) is 11.8 Å². The molecule has 8 rings (SSSR count). The van der Waals surface area contributed by atoms with Crippen molar-refractivity contribution in [3.05, 3.63) is 71.4 Å². The molecule has 2 aliphatic heterocycles. The van der Waals surface area contributed by atoms with Crippen molar-refractivity contribution in [3.8, 4) is 22.8 Å². The molecule has 0 bridgehead atoms. The average Bonchev–Trinajstić information content (AvgIpc) is 4.14. The fourth-order valence-corrected chi connectivity index (χ4v) is 9.32. The third-order valence-electron chi connectivity index (χ3n) is 13.2. The molecule has 2 aromatic carbocycles. The monoisotopic (exact) mass is 839 g/mol. The number of carbonyl (C=O) groups excluding carboxylic acids is 2. The second kappa shape index (κ2) is 22.0. The van der Waals surface area contributed by atoms with Crippen molar-refractivity contribution in [2.75, 3.05) is 13.1 Å². The van der Waals surface area contributed by atoms with Crippen LogP contribution in [0.25, 0.3) is 22.8 Å². The van der Waals surface area contributed by atoms with E-state index in [4.69, 9.17) is 9.05 Å². The summed E-state index contributed by atoms with van der Waals surface area (Å²) < 4.78 is 10.9. The molecule has 2 saturated carbocycles. The second-order valence-electron chi connectivity index (χ2n) is 17.6. The largest absolute Gasteiger partial charge is 0.391 e. The summed E-state index contributed by atoms with van der Waals surface area (Å²) in [5.41, 5.74) is 3.82. The van der Waals surface area contributed by atoms with Crippen LogP contribution >= 0.6 is 0 Å².